The van der Waals surface area contributed by atoms with E-state index in [1.807, 2.05) is 24.0 Å². The molecule has 0 bridgehead atoms. The van der Waals surface area contributed by atoms with Crippen molar-refractivity contribution in [2.45, 2.75) is 38.8 Å². The Hall–Kier alpha value is -2.60. The fourth-order valence-electron chi connectivity index (χ4n) is 3.13. The van der Waals surface area contributed by atoms with E-state index < -0.39 is 4.92 Å². The third-order valence-electron chi connectivity index (χ3n) is 4.65. The molecule has 1 atom stereocenters. The molecule has 0 aromatic heterocycles. The van der Waals surface area contributed by atoms with Gasteiger partial charge in [0.2, 0.25) is 0 Å². The summed E-state index contributed by atoms with van der Waals surface area (Å²) < 4.78 is 5.30. The van der Waals surface area contributed by atoms with Crippen molar-refractivity contribution in [3.63, 3.8) is 0 Å². The first-order valence-corrected chi connectivity index (χ1v) is 9.29. The molecule has 0 saturated heterocycles. The molecule has 2 aromatic carbocycles. The summed E-state index contributed by atoms with van der Waals surface area (Å²) in [4.78, 5) is 25.8. The van der Waals surface area contributed by atoms with Crippen molar-refractivity contribution in [3.8, 4) is 5.75 Å². The monoisotopic (exact) mass is 388 g/mol. The standard InChI is InChI=1S/C20H21ClN2O4/c1-3-27-19-11-6-15(12-18(19)23(25)26)20(24)22(17-9-10-17)13(2)14-4-7-16(21)8-5-14/h4-8,11-13,17H,3,9-10H2,1-2H3. The van der Waals surface area contributed by atoms with Crippen molar-refractivity contribution in [2.24, 2.45) is 0 Å². The highest BCUT2D eigenvalue weighted by molar-refractivity contribution is 6.30. The highest BCUT2D eigenvalue weighted by Gasteiger charge is 2.37. The molecular formula is C20H21ClN2O4. The number of benzene rings is 2. The van der Waals surface area contributed by atoms with E-state index in [4.69, 9.17) is 16.3 Å². The predicted octanol–water partition coefficient (Wildman–Crippen LogP) is 5.01. The van der Waals surface area contributed by atoms with E-state index >= 15 is 0 Å². The van der Waals surface area contributed by atoms with Crippen LogP contribution in [0.15, 0.2) is 42.5 Å². The summed E-state index contributed by atoms with van der Waals surface area (Å²) in [5.41, 5.74) is 1.07. The lowest BCUT2D eigenvalue weighted by molar-refractivity contribution is -0.385. The van der Waals surface area contributed by atoms with Crippen molar-refractivity contribution in [1.29, 1.82) is 0 Å². The molecular weight excluding hydrogens is 368 g/mol. The van der Waals surface area contributed by atoms with Gasteiger partial charge in [0.1, 0.15) is 0 Å². The third-order valence-corrected chi connectivity index (χ3v) is 4.90. The number of hydrogen-bond acceptors (Lipinski definition) is 4. The number of nitrogens with zero attached hydrogens (tertiary/aromatic N) is 2. The van der Waals surface area contributed by atoms with E-state index in [9.17, 15) is 14.9 Å². The van der Waals surface area contributed by atoms with E-state index in [2.05, 4.69) is 0 Å². The number of nitro benzene ring substituents is 1. The third kappa shape index (κ3) is 4.22. The average molecular weight is 389 g/mol. The summed E-state index contributed by atoms with van der Waals surface area (Å²) >= 11 is 5.96. The Kier molecular flexibility index (Phi) is 5.65. The van der Waals surface area contributed by atoms with Gasteiger partial charge in [-0.25, -0.2) is 0 Å². The van der Waals surface area contributed by atoms with Gasteiger partial charge in [0.25, 0.3) is 5.91 Å². The number of hydrogen-bond donors (Lipinski definition) is 0. The second kappa shape index (κ2) is 7.96. The van der Waals surface area contributed by atoms with E-state index in [-0.39, 0.29) is 35.0 Å². The molecule has 7 heteroatoms. The van der Waals surface area contributed by atoms with Gasteiger partial charge in [0.05, 0.1) is 17.6 Å². The zero-order chi connectivity index (χ0) is 19.6. The molecule has 0 radical (unpaired) electrons. The number of rotatable bonds is 7. The van der Waals surface area contributed by atoms with E-state index in [0.717, 1.165) is 18.4 Å². The van der Waals surface area contributed by atoms with Crippen LogP contribution in [0.5, 0.6) is 5.75 Å². The van der Waals surface area contributed by atoms with Gasteiger partial charge in [-0.2, -0.15) is 0 Å². The topological polar surface area (TPSA) is 72.7 Å². The molecule has 142 valence electrons. The Bertz CT molecular complexity index is 850. The normalized spacial score (nSPS) is 14.5. The summed E-state index contributed by atoms with van der Waals surface area (Å²) in [5, 5.41) is 12.0. The van der Waals surface area contributed by atoms with Crippen LogP contribution in [0, 0.1) is 10.1 Å². The summed E-state index contributed by atoms with van der Waals surface area (Å²) in [6.45, 7) is 4.03. The first-order chi connectivity index (χ1) is 12.9. The lowest BCUT2D eigenvalue weighted by Crippen LogP contribution is -2.35. The van der Waals surface area contributed by atoms with Crippen LogP contribution in [0.2, 0.25) is 5.02 Å². The van der Waals surface area contributed by atoms with Crippen LogP contribution < -0.4 is 4.74 Å². The molecule has 1 aliphatic carbocycles. The highest BCUT2D eigenvalue weighted by atomic mass is 35.5. The zero-order valence-electron chi connectivity index (χ0n) is 15.2. The molecule has 1 fully saturated rings. The van der Waals surface area contributed by atoms with Crippen LogP contribution in [0.1, 0.15) is 48.7 Å². The quantitative estimate of drug-likeness (QED) is 0.493. The SMILES string of the molecule is CCOc1ccc(C(=O)N(C2CC2)C(C)c2ccc(Cl)cc2)cc1[N+](=O)[O-]. The van der Waals surface area contributed by atoms with Crippen LogP contribution in [-0.2, 0) is 0 Å². The van der Waals surface area contributed by atoms with E-state index in [0.29, 0.717) is 11.6 Å². The number of carbonyl (C=O) groups is 1. The fraction of sp³-hybridized carbons (Fsp3) is 0.350. The van der Waals surface area contributed by atoms with Crippen molar-refractivity contribution in [1.82, 2.24) is 4.90 Å². The molecule has 1 amide bonds. The second-order valence-electron chi connectivity index (χ2n) is 6.54. The zero-order valence-corrected chi connectivity index (χ0v) is 16.0. The molecule has 6 nitrogen and oxygen atoms in total. The molecule has 0 spiro atoms. The minimum absolute atomic E-state index is 0.147. The van der Waals surface area contributed by atoms with Gasteiger partial charge in [0.15, 0.2) is 5.75 Å². The minimum atomic E-state index is -0.522. The van der Waals surface area contributed by atoms with Crippen LogP contribution in [0.3, 0.4) is 0 Å². The van der Waals surface area contributed by atoms with Crippen LogP contribution in [0.4, 0.5) is 5.69 Å². The number of ether oxygens (including phenoxy) is 1. The van der Waals surface area contributed by atoms with Gasteiger partial charge in [-0.1, -0.05) is 23.7 Å². The van der Waals surface area contributed by atoms with Crippen LogP contribution in [-0.4, -0.2) is 28.4 Å². The molecule has 3 rings (SSSR count). The molecule has 1 unspecified atom stereocenters. The average Bonchev–Trinajstić information content (AvgIpc) is 3.47. The predicted molar refractivity (Wildman–Crippen MR) is 103 cm³/mol. The first-order valence-electron chi connectivity index (χ1n) is 8.91. The van der Waals surface area contributed by atoms with Gasteiger partial charge < -0.3 is 9.64 Å². The Balaban J connectivity index is 1.92. The van der Waals surface area contributed by atoms with Crippen molar-refractivity contribution < 1.29 is 14.5 Å². The summed E-state index contributed by atoms with van der Waals surface area (Å²) in [6.07, 6.45) is 1.87. The Labute approximate surface area is 162 Å². The van der Waals surface area contributed by atoms with Gasteiger partial charge in [0, 0.05) is 22.7 Å². The lowest BCUT2D eigenvalue weighted by Gasteiger charge is -2.30. The van der Waals surface area contributed by atoms with Crippen molar-refractivity contribution >= 4 is 23.2 Å². The Morgan fingerprint density at radius 2 is 1.96 bits per heavy atom. The van der Waals surface area contributed by atoms with Crippen LogP contribution >= 0.6 is 11.6 Å². The van der Waals surface area contributed by atoms with Crippen molar-refractivity contribution in [3.05, 3.63) is 68.7 Å². The maximum absolute atomic E-state index is 13.2. The second-order valence-corrected chi connectivity index (χ2v) is 6.98. The molecule has 2 aromatic rings. The van der Waals surface area contributed by atoms with Gasteiger partial charge in [-0.05, 0) is 56.5 Å². The van der Waals surface area contributed by atoms with Gasteiger partial charge in [-0.15, -0.1) is 0 Å². The highest BCUT2D eigenvalue weighted by Crippen LogP contribution is 2.37. The number of amides is 1. The number of carbonyl (C=O) groups excluding carboxylic acids is 1. The van der Waals surface area contributed by atoms with E-state index in [1.54, 1.807) is 25.1 Å². The summed E-state index contributed by atoms with van der Waals surface area (Å²) in [6, 6.07) is 11.8. The number of nitro groups is 1. The largest absolute Gasteiger partial charge is 0.487 e. The fourth-order valence-corrected chi connectivity index (χ4v) is 3.26. The molecule has 0 N–H and O–H groups in total. The van der Waals surface area contributed by atoms with Gasteiger partial charge >= 0.3 is 5.69 Å². The Morgan fingerprint density at radius 3 is 2.52 bits per heavy atom. The molecule has 1 saturated carbocycles. The molecule has 0 heterocycles. The molecule has 0 aliphatic heterocycles. The maximum atomic E-state index is 13.2. The number of halogens is 1. The summed E-state index contributed by atoms with van der Waals surface area (Å²) in [5.74, 6) is -0.0473. The van der Waals surface area contributed by atoms with Crippen LogP contribution in [0.25, 0.3) is 0 Å². The minimum Gasteiger partial charge on any atom is -0.487 e. The lowest BCUT2D eigenvalue weighted by atomic mass is 10.0. The first kappa shape index (κ1) is 19.2. The molecule has 1 aliphatic rings. The Morgan fingerprint density at radius 1 is 1.30 bits per heavy atom. The van der Waals surface area contributed by atoms with Gasteiger partial charge in [-0.3, -0.25) is 14.9 Å². The molecule has 27 heavy (non-hydrogen) atoms. The maximum Gasteiger partial charge on any atom is 0.311 e. The summed E-state index contributed by atoms with van der Waals surface area (Å²) in [7, 11) is 0. The van der Waals surface area contributed by atoms with Crippen molar-refractivity contribution in [2.75, 3.05) is 6.61 Å². The smallest absolute Gasteiger partial charge is 0.311 e. The van der Waals surface area contributed by atoms with E-state index in [1.165, 1.54) is 12.1 Å².